The van der Waals surface area contributed by atoms with E-state index < -0.39 is 11.9 Å². The SMILES string of the molecule is CCCCCCCCCCC=CCC(=O)OC(=O)CC=CCCCCCCCCCC. The molecule has 0 unspecified atom stereocenters. The largest absolute Gasteiger partial charge is 0.393 e. The Morgan fingerprint density at radius 1 is 0.484 bits per heavy atom. The van der Waals surface area contributed by atoms with Crippen LogP contribution in [0.4, 0.5) is 0 Å². The van der Waals surface area contributed by atoms with E-state index in [1.807, 2.05) is 24.3 Å². The molecule has 0 aromatic heterocycles. The standard InChI is InChI=1S/C28H50O3/c1-3-5-7-9-11-13-15-17-19-21-23-25-27(29)31-28(30)26-24-22-20-18-16-14-12-10-8-6-4-2/h21-24H,3-20,25-26H2,1-2H3. The first-order valence-electron chi connectivity index (χ1n) is 13.2. The Hall–Kier alpha value is -1.38. The molecule has 3 nitrogen and oxygen atoms in total. The zero-order valence-corrected chi connectivity index (χ0v) is 20.7. The Bertz CT molecular complexity index is 423. The van der Waals surface area contributed by atoms with E-state index in [0.29, 0.717) is 0 Å². The number of unbranched alkanes of at least 4 members (excludes halogenated alkanes) is 16. The summed E-state index contributed by atoms with van der Waals surface area (Å²) in [4.78, 5) is 23.4. The summed E-state index contributed by atoms with van der Waals surface area (Å²) in [5.74, 6) is -0.901. The fourth-order valence-electron chi connectivity index (χ4n) is 3.60. The van der Waals surface area contributed by atoms with Gasteiger partial charge in [0.05, 0.1) is 12.8 Å². The lowest BCUT2D eigenvalue weighted by Gasteiger charge is -2.00. The summed E-state index contributed by atoms with van der Waals surface area (Å²) in [6.45, 7) is 4.49. The molecule has 0 aliphatic rings. The summed E-state index contributed by atoms with van der Waals surface area (Å²) >= 11 is 0. The summed E-state index contributed by atoms with van der Waals surface area (Å²) in [5.41, 5.74) is 0. The summed E-state index contributed by atoms with van der Waals surface area (Å²) in [7, 11) is 0. The second kappa shape index (κ2) is 24.9. The van der Waals surface area contributed by atoms with Gasteiger partial charge in [0, 0.05) is 0 Å². The smallest absolute Gasteiger partial charge is 0.317 e. The molecule has 0 aromatic carbocycles. The topological polar surface area (TPSA) is 43.4 Å². The highest BCUT2D eigenvalue weighted by Gasteiger charge is 2.06. The molecule has 0 bridgehead atoms. The molecule has 0 saturated carbocycles. The number of rotatable bonds is 22. The summed E-state index contributed by atoms with van der Waals surface area (Å²) < 4.78 is 4.85. The number of carbonyl (C=O) groups is 2. The van der Waals surface area contributed by atoms with Gasteiger partial charge in [-0.1, -0.05) is 128 Å². The van der Waals surface area contributed by atoms with Crippen molar-refractivity contribution >= 4 is 11.9 Å². The number of hydrogen-bond acceptors (Lipinski definition) is 3. The van der Waals surface area contributed by atoms with Gasteiger partial charge >= 0.3 is 11.9 Å². The van der Waals surface area contributed by atoms with Crippen LogP contribution < -0.4 is 0 Å². The van der Waals surface area contributed by atoms with Gasteiger partial charge in [0.1, 0.15) is 0 Å². The minimum atomic E-state index is -0.450. The van der Waals surface area contributed by atoms with Crippen molar-refractivity contribution in [2.45, 2.75) is 142 Å². The fourth-order valence-corrected chi connectivity index (χ4v) is 3.60. The van der Waals surface area contributed by atoms with Gasteiger partial charge in [-0.2, -0.15) is 0 Å². The van der Waals surface area contributed by atoms with Crippen molar-refractivity contribution in [1.29, 1.82) is 0 Å². The Morgan fingerprint density at radius 2 is 0.806 bits per heavy atom. The van der Waals surface area contributed by atoms with Crippen LogP contribution in [0, 0.1) is 0 Å². The maximum atomic E-state index is 11.7. The van der Waals surface area contributed by atoms with Crippen molar-refractivity contribution in [2.75, 3.05) is 0 Å². The first-order chi connectivity index (χ1) is 15.2. The van der Waals surface area contributed by atoms with Crippen LogP contribution in [0.5, 0.6) is 0 Å². The molecule has 0 radical (unpaired) electrons. The molecule has 0 aromatic rings. The maximum Gasteiger partial charge on any atom is 0.317 e. The van der Waals surface area contributed by atoms with Crippen LogP contribution in [0.2, 0.25) is 0 Å². The zero-order chi connectivity index (χ0) is 22.8. The molecule has 0 saturated heterocycles. The van der Waals surface area contributed by atoms with Crippen molar-refractivity contribution in [1.82, 2.24) is 0 Å². The lowest BCUT2D eigenvalue weighted by atomic mass is 10.1. The normalized spacial score (nSPS) is 11.5. The van der Waals surface area contributed by atoms with Gasteiger partial charge in [-0.15, -0.1) is 0 Å². The Labute approximate surface area is 193 Å². The molecule has 0 rings (SSSR count). The molecule has 180 valence electrons. The molecule has 0 aliphatic heterocycles. The molecule has 0 N–H and O–H groups in total. The molecule has 0 spiro atoms. The van der Waals surface area contributed by atoms with Crippen molar-refractivity contribution < 1.29 is 14.3 Å². The predicted octanol–water partition coefficient (Wildman–Crippen LogP) is 9.01. The second-order valence-electron chi connectivity index (χ2n) is 8.72. The highest BCUT2D eigenvalue weighted by Crippen LogP contribution is 2.11. The average Bonchev–Trinajstić information content (AvgIpc) is 2.75. The highest BCUT2D eigenvalue weighted by molar-refractivity contribution is 5.86. The van der Waals surface area contributed by atoms with Gasteiger partial charge in [-0.3, -0.25) is 9.59 Å². The maximum absolute atomic E-state index is 11.7. The van der Waals surface area contributed by atoms with Crippen molar-refractivity contribution in [3.8, 4) is 0 Å². The third kappa shape index (κ3) is 24.8. The molecule has 3 heteroatoms. The number of esters is 2. The van der Waals surface area contributed by atoms with E-state index in [0.717, 1.165) is 12.8 Å². The minimum Gasteiger partial charge on any atom is -0.393 e. The van der Waals surface area contributed by atoms with Gasteiger partial charge in [-0.05, 0) is 25.7 Å². The fraction of sp³-hybridized carbons (Fsp3) is 0.786. The Balaban J connectivity index is 3.49. The summed E-state index contributed by atoms with van der Waals surface area (Å²) in [5, 5.41) is 0. The lowest BCUT2D eigenvalue weighted by Crippen LogP contribution is -2.10. The summed E-state index contributed by atoms with van der Waals surface area (Å²) in [6, 6.07) is 0. The summed E-state index contributed by atoms with van der Waals surface area (Å²) in [6.07, 6.45) is 31.0. The van der Waals surface area contributed by atoms with Crippen LogP contribution in [-0.2, 0) is 14.3 Å². The van der Waals surface area contributed by atoms with E-state index in [4.69, 9.17) is 4.74 Å². The Kier molecular flexibility index (Phi) is 23.8. The quantitative estimate of drug-likeness (QED) is 0.0738. The highest BCUT2D eigenvalue weighted by atomic mass is 16.6. The number of carbonyl (C=O) groups excluding carboxylic acids is 2. The van der Waals surface area contributed by atoms with Crippen molar-refractivity contribution in [2.24, 2.45) is 0 Å². The van der Waals surface area contributed by atoms with E-state index in [1.165, 1.54) is 103 Å². The molecular formula is C28H50O3. The molecule has 0 fully saturated rings. The molecule has 0 amide bonds. The van der Waals surface area contributed by atoms with E-state index in [-0.39, 0.29) is 12.8 Å². The average molecular weight is 435 g/mol. The van der Waals surface area contributed by atoms with Crippen LogP contribution >= 0.6 is 0 Å². The third-order valence-electron chi connectivity index (χ3n) is 5.58. The monoisotopic (exact) mass is 434 g/mol. The number of allylic oxidation sites excluding steroid dienone is 2. The van der Waals surface area contributed by atoms with Gasteiger partial charge in [0.25, 0.3) is 0 Å². The van der Waals surface area contributed by atoms with Gasteiger partial charge < -0.3 is 4.74 Å². The van der Waals surface area contributed by atoms with Gasteiger partial charge in [-0.25, -0.2) is 0 Å². The first kappa shape index (κ1) is 29.6. The molecule has 31 heavy (non-hydrogen) atoms. The third-order valence-corrected chi connectivity index (χ3v) is 5.58. The van der Waals surface area contributed by atoms with Gasteiger partial charge in [0.2, 0.25) is 0 Å². The molecule has 0 aliphatic carbocycles. The van der Waals surface area contributed by atoms with Crippen LogP contribution in [0.25, 0.3) is 0 Å². The first-order valence-corrected chi connectivity index (χ1v) is 13.2. The van der Waals surface area contributed by atoms with Crippen LogP contribution in [-0.4, -0.2) is 11.9 Å². The van der Waals surface area contributed by atoms with Gasteiger partial charge in [0.15, 0.2) is 0 Å². The molecule has 0 heterocycles. The predicted molar refractivity (Wildman–Crippen MR) is 133 cm³/mol. The van der Waals surface area contributed by atoms with Crippen LogP contribution in [0.1, 0.15) is 142 Å². The van der Waals surface area contributed by atoms with E-state index in [2.05, 4.69) is 13.8 Å². The van der Waals surface area contributed by atoms with E-state index >= 15 is 0 Å². The molecule has 0 atom stereocenters. The number of hydrogen-bond donors (Lipinski definition) is 0. The Morgan fingerprint density at radius 3 is 1.16 bits per heavy atom. The van der Waals surface area contributed by atoms with Crippen LogP contribution in [0.3, 0.4) is 0 Å². The van der Waals surface area contributed by atoms with Crippen molar-refractivity contribution in [3.05, 3.63) is 24.3 Å². The van der Waals surface area contributed by atoms with E-state index in [1.54, 1.807) is 0 Å². The van der Waals surface area contributed by atoms with Crippen LogP contribution in [0.15, 0.2) is 24.3 Å². The van der Waals surface area contributed by atoms with E-state index in [9.17, 15) is 9.59 Å². The molecular weight excluding hydrogens is 384 g/mol. The zero-order valence-electron chi connectivity index (χ0n) is 20.7. The lowest BCUT2D eigenvalue weighted by molar-refractivity contribution is -0.158. The minimum absolute atomic E-state index is 0.185. The second-order valence-corrected chi connectivity index (χ2v) is 8.72. The van der Waals surface area contributed by atoms with Crippen molar-refractivity contribution in [3.63, 3.8) is 0 Å². The number of ether oxygens (including phenoxy) is 1.